The van der Waals surface area contributed by atoms with Gasteiger partial charge in [0.1, 0.15) is 16.6 Å². The fraction of sp³-hybridized carbons (Fsp3) is 0.333. The zero-order valence-corrected chi connectivity index (χ0v) is 11.6. The first kappa shape index (κ1) is 14.6. The van der Waals surface area contributed by atoms with Crippen LogP contribution in [0.4, 0.5) is 24.8 Å². The summed E-state index contributed by atoms with van der Waals surface area (Å²) in [6.07, 6.45) is -2.74. The SMILES string of the molecule is Cc1cnc(C(C)Nc2cc(C(F)(F)F)cc(N)n2)s1. The first-order valence-electron chi connectivity index (χ1n) is 5.79. The van der Waals surface area contributed by atoms with Crippen LogP contribution in [0.1, 0.15) is 28.4 Å². The summed E-state index contributed by atoms with van der Waals surface area (Å²) < 4.78 is 38.1. The first-order chi connectivity index (χ1) is 9.25. The number of nitrogens with two attached hydrogens (primary N) is 1. The predicted molar refractivity (Wildman–Crippen MR) is 72.5 cm³/mol. The van der Waals surface area contributed by atoms with E-state index in [1.165, 1.54) is 11.3 Å². The van der Waals surface area contributed by atoms with Crippen molar-refractivity contribution in [3.63, 3.8) is 0 Å². The molecule has 2 aromatic rings. The van der Waals surface area contributed by atoms with Crippen LogP contribution < -0.4 is 11.1 Å². The molecular weight excluding hydrogens is 289 g/mol. The van der Waals surface area contributed by atoms with E-state index in [2.05, 4.69) is 15.3 Å². The number of hydrogen-bond acceptors (Lipinski definition) is 5. The molecule has 0 aliphatic heterocycles. The van der Waals surface area contributed by atoms with Crippen LogP contribution in [0.2, 0.25) is 0 Å². The second-order valence-corrected chi connectivity index (χ2v) is 5.61. The molecule has 1 unspecified atom stereocenters. The number of pyridine rings is 1. The molecular formula is C12H13F3N4S. The van der Waals surface area contributed by atoms with Gasteiger partial charge in [0.05, 0.1) is 11.6 Å². The van der Waals surface area contributed by atoms with Crippen LogP contribution in [-0.4, -0.2) is 9.97 Å². The fourth-order valence-electron chi connectivity index (χ4n) is 1.65. The maximum absolute atomic E-state index is 12.7. The van der Waals surface area contributed by atoms with Crippen molar-refractivity contribution in [3.05, 3.63) is 33.8 Å². The number of rotatable bonds is 3. The Labute approximate surface area is 117 Å². The number of nitrogens with one attached hydrogen (secondary N) is 1. The van der Waals surface area contributed by atoms with Crippen LogP contribution in [0.5, 0.6) is 0 Å². The van der Waals surface area contributed by atoms with Gasteiger partial charge in [-0.25, -0.2) is 9.97 Å². The summed E-state index contributed by atoms with van der Waals surface area (Å²) in [7, 11) is 0. The van der Waals surface area contributed by atoms with Gasteiger partial charge in [-0.1, -0.05) is 0 Å². The fourth-order valence-corrected chi connectivity index (χ4v) is 2.42. The number of nitrogen functional groups attached to an aromatic ring is 1. The molecule has 3 N–H and O–H groups in total. The minimum absolute atomic E-state index is 0.0812. The Hall–Kier alpha value is -1.83. The van der Waals surface area contributed by atoms with Crippen molar-refractivity contribution in [2.75, 3.05) is 11.1 Å². The third-order valence-electron chi connectivity index (χ3n) is 2.55. The molecule has 0 spiro atoms. The highest BCUT2D eigenvalue weighted by Crippen LogP contribution is 2.32. The lowest BCUT2D eigenvalue weighted by molar-refractivity contribution is -0.137. The minimum atomic E-state index is -4.45. The molecule has 0 amide bonds. The topological polar surface area (TPSA) is 63.8 Å². The Morgan fingerprint density at radius 3 is 2.60 bits per heavy atom. The van der Waals surface area contributed by atoms with Gasteiger partial charge in [-0.05, 0) is 26.0 Å². The molecule has 8 heteroatoms. The summed E-state index contributed by atoms with van der Waals surface area (Å²) >= 11 is 1.47. The van der Waals surface area contributed by atoms with Crippen molar-refractivity contribution in [3.8, 4) is 0 Å². The van der Waals surface area contributed by atoms with Crippen molar-refractivity contribution in [2.45, 2.75) is 26.1 Å². The molecule has 0 saturated carbocycles. The molecule has 0 radical (unpaired) electrons. The monoisotopic (exact) mass is 302 g/mol. The molecule has 2 heterocycles. The Balaban J connectivity index is 2.23. The van der Waals surface area contributed by atoms with E-state index in [4.69, 9.17) is 5.73 Å². The third kappa shape index (κ3) is 3.38. The maximum atomic E-state index is 12.7. The molecule has 20 heavy (non-hydrogen) atoms. The van der Waals surface area contributed by atoms with Crippen LogP contribution in [0.3, 0.4) is 0 Å². The third-order valence-corrected chi connectivity index (χ3v) is 3.64. The van der Waals surface area contributed by atoms with Gasteiger partial charge in [-0.15, -0.1) is 11.3 Å². The van der Waals surface area contributed by atoms with Gasteiger partial charge in [0, 0.05) is 11.1 Å². The smallest absolute Gasteiger partial charge is 0.384 e. The quantitative estimate of drug-likeness (QED) is 0.909. The zero-order valence-electron chi connectivity index (χ0n) is 10.8. The Morgan fingerprint density at radius 1 is 1.35 bits per heavy atom. The molecule has 4 nitrogen and oxygen atoms in total. The van der Waals surface area contributed by atoms with E-state index in [9.17, 15) is 13.2 Å². The number of alkyl halides is 3. The lowest BCUT2D eigenvalue weighted by atomic mass is 10.2. The Morgan fingerprint density at radius 2 is 2.05 bits per heavy atom. The number of nitrogens with zero attached hydrogens (tertiary/aromatic N) is 2. The number of halogens is 3. The highest BCUT2D eigenvalue weighted by atomic mass is 32.1. The summed E-state index contributed by atoms with van der Waals surface area (Å²) in [6.45, 7) is 3.71. The molecule has 108 valence electrons. The number of aryl methyl sites for hydroxylation is 1. The van der Waals surface area contributed by atoms with Gasteiger partial charge < -0.3 is 11.1 Å². The second-order valence-electron chi connectivity index (χ2n) is 4.34. The normalized spacial score (nSPS) is 13.2. The highest BCUT2D eigenvalue weighted by molar-refractivity contribution is 7.11. The van der Waals surface area contributed by atoms with Gasteiger partial charge >= 0.3 is 6.18 Å². The number of thiazole rings is 1. The van der Waals surface area contributed by atoms with Crippen LogP contribution >= 0.6 is 11.3 Å². The van der Waals surface area contributed by atoms with Gasteiger partial charge in [0.25, 0.3) is 0 Å². The van der Waals surface area contributed by atoms with Gasteiger partial charge in [0.15, 0.2) is 0 Å². The van der Waals surface area contributed by atoms with E-state index in [1.54, 1.807) is 13.1 Å². The zero-order chi connectivity index (χ0) is 14.9. The highest BCUT2D eigenvalue weighted by Gasteiger charge is 2.31. The molecule has 0 aliphatic rings. The molecule has 0 saturated heterocycles. The average Bonchev–Trinajstić information content (AvgIpc) is 2.74. The van der Waals surface area contributed by atoms with Crippen LogP contribution in [-0.2, 0) is 6.18 Å². The summed E-state index contributed by atoms with van der Waals surface area (Å²) in [4.78, 5) is 9.08. The molecule has 2 rings (SSSR count). The molecule has 0 fully saturated rings. The molecule has 1 atom stereocenters. The van der Waals surface area contributed by atoms with Gasteiger partial charge in [0.2, 0.25) is 0 Å². The molecule has 0 aliphatic carbocycles. The van der Waals surface area contributed by atoms with Crippen molar-refractivity contribution in [2.24, 2.45) is 0 Å². The number of aromatic nitrogens is 2. The molecule has 0 aromatic carbocycles. The lowest BCUT2D eigenvalue weighted by Gasteiger charge is -2.14. The Kier molecular flexibility index (Phi) is 3.85. The van der Waals surface area contributed by atoms with E-state index < -0.39 is 11.7 Å². The second kappa shape index (κ2) is 5.28. The van der Waals surface area contributed by atoms with Gasteiger partial charge in [-0.3, -0.25) is 0 Å². The maximum Gasteiger partial charge on any atom is 0.416 e. The largest absolute Gasteiger partial charge is 0.416 e. The summed E-state index contributed by atoms with van der Waals surface area (Å²) in [6, 6.07) is 1.50. The van der Waals surface area contributed by atoms with Crippen molar-refractivity contribution < 1.29 is 13.2 Å². The predicted octanol–water partition coefficient (Wildman–Crippen LogP) is 3.62. The Bertz CT molecular complexity index is 609. The summed E-state index contributed by atoms with van der Waals surface area (Å²) in [5.41, 5.74) is 4.59. The van der Waals surface area contributed by atoms with Gasteiger partial charge in [-0.2, -0.15) is 13.2 Å². The van der Waals surface area contributed by atoms with E-state index in [-0.39, 0.29) is 17.7 Å². The summed E-state index contributed by atoms with van der Waals surface area (Å²) in [5.74, 6) is -0.0949. The van der Waals surface area contributed by atoms with E-state index in [0.717, 1.165) is 22.0 Å². The van der Waals surface area contributed by atoms with Crippen LogP contribution in [0.25, 0.3) is 0 Å². The van der Waals surface area contributed by atoms with Crippen LogP contribution in [0, 0.1) is 6.92 Å². The average molecular weight is 302 g/mol. The van der Waals surface area contributed by atoms with E-state index >= 15 is 0 Å². The van der Waals surface area contributed by atoms with Crippen LogP contribution in [0.15, 0.2) is 18.3 Å². The van der Waals surface area contributed by atoms with E-state index in [0.29, 0.717) is 0 Å². The molecule has 2 aromatic heterocycles. The minimum Gasteiger partial charge on any atom is -0.384 e. The van der Waals surface area contributed by atoms with Crippen molar-refractivity contribution in [1.29, 1.82) is 0 Å². The molecule has 0 bridgehead atoms. The lowest BCUT2D eigenvalue weighted by Crippen LogP contribution is -2.12. The van der Waals surface area contributed by atoms with E-state index in [1.807, 2.05) is 6.92 Å². The first-order valence-corrected chi connectivity index (χ1v) is 6.61. The summed E-state index contributed by atoms with van der Waals surface area (Å²) in [5, 5.41) is 3.66. The van der Waals surface area contributed by atoms with Crippen molar-refractivity contribution in [1.82, 2.24) is 9.97 Å². The number of hydrogen-bond donors (Lipinski definition) is 2. The number of anilines is 2. The van der Waals surface area contributed by atoms with Crippen molar-refractivity contribution >= 4 is 23.0 Å². The standard InChI is InChI=1S/C12H13F3N4S/c1-6-5-17-11(20-6)7(2)18-10-4-8(12(13,14)15)3-9(16)19-10/h3-5,7H,1-2H3,(H3,16,18,19).